The molecule has 1 aliphatic rings. The summed E-state index contributed by atoms with van der Waals surface area (Å²) in [7, 11) is 1.92. The summed E-state index contributed by atoms with van der Waals surface area (Å²) in [6, 6.07) is 6.44. The highest BCUT2D eigenvalue weighted by Gasteiger charge is 2.22. The van der Waals surface area contributed by atoms with Crippen LogP contribution >= 0.6 is 11.6 Å². The monoisotopic (exact) mass is 312 g/mol. The lowest BCUT2D eigenvalue weighted by atomic mass is 10.2. The summed E-state index contributed by atoms with van der Waals surface area (Å²) < 4.78 is 11.6. The maximum Gasteiger partial charge on any atom is 0.138 e. The Morgan fingerprint density at radius 3 is 2.95 bits per heavy atom. The maximum atomic E-state index is 6.26. The number of rotatable bonds is 6. The Morgan fingerprint density at radius 1 is 1.48 bits per heavy atom. The molecule has 4 nitrogen and oxygen atoms in total. The van der Waals surface area contributed by atoms with Gasteiger partial charge in [-0.25, -0.2) is 0 Å². The van der Waals surface area contributed by atoms with E-state index in [1.165, 1.54) is 0 Å². The Morgan fingerprint density at radius 2 is 2.29 bits per heavy atom. The van der Waals surface area contributed by atoms with E-state index in [9.17, 15) is 0 Å². The predicted molar refractivity (Wildman–Crippen MR) is 86.2 cm³/mol. The number of halogens is 1. The topological polar surface area (TPSA) is 33.7 Å². The molecule has 0 spiro atoms. The third kappa shape index (κ3) is 4.85. The van der Waals surface area contributed by atoms with Gasteiger partial charge in [-0.2, -0.15) is 0 Å². The zero-order valence-corrected chi connectivity index (χ0v) is 13.8. The van der Waals surface area contributed by atoms with Crippen molar-refractivity contribution in [1.82, 2.24) is 10.2 Å². The molecule has 1 aliphatic heterocycles. The number of morpholine rings is 1. The van der Waals surface area contributed by atoms with Crippen LogP contribution in [0.3, 0.4) is 0 Å². The minimum atomic E-state index is 0.106. The second kappa shape index (κ2) is 7.99. The second-order valence-corrected chi connectivity index (χ2v) is 6.09. The molecular weight excluding hydrogens is 288 g/mol. The fourth-order valence-electron chi connectivity index (χ4n) is 2.47. The quantitative estimate of drug-likeness (QED) is 0.875. The first-order chi connectivity index (χ1) is 10.1. The molecule has 1 aromatic carbocycles. The molecule has 0 bridgehead atoms. The van der Waals surface area contributed by atoms with Gasteiger partial charge in [0.25, 0.3) is 0 Å². The van der Waals surface area contributed by atoms with Gasteiger partial charge in [0.2, 0.25) is 0 Å². The first-order valence-electron chi connectivity index (χ1n) is 7.51. The zero-order valence-electron chi connectivity index (χ0n) is 13.1. The molecule has 1 N–H and O–H groups in total. The second-order valence-electron chi connectivity index (χ2n) is 5.69. The van der Waals surface area contributed by atoms with Crippen molar-refractivity contribution in [3.63, 3.8) is 0 Å². The fourth-order valence-corrected chi connectivity index (χ4v) is 2.73. The third-order valence-electron chi connectivity index (χ3n) is 3.70. The molecule has 1 atom stereocenters. The van der Waals surface area contributed by atoms with E-state index in [0.717, 1.165) is 37.6 Å². The largest absolute Gasteiger partial charge is 0.489 e. The van der Waals surface area contributed by atoms with Crippen LogP contribution in [0, 0.1) is 0 Å². The van der Waals surface area contributed by atoms with Crippen molar-refractivity contribution in [3.8, 4) is 5.75 Å². The molecule has 118 valence electrons. The Kier molecular flexibility index (Phi) is 6.30. The highest BCUT2D eigenvalue weighted by Crippen LogP contribution is 2.26. The van der Waals surface area contributed by atoms with E-state index in [0.29, 0.717) is 17.7 Å². The van der Waals surface area contributed by atoms with Crippen molar-refractivity contribution < 1.29 is 9.47 Å². The lowest BCUT2D eigenvalue weighted by Crippen LogP contribution is -2.47. The molecule has 1 heterocycles. The average Bonchev–Trinajstić information content (AvgIpc) is 2.47. The standard InChI is InChI=1S/C16H25ClN2O2/c1-12(2)19-6-7-20-14(10-19)11-21-16-5-4-13(9-18-3)8-15(16)17/h4-5,8,12,14,18H,6-7,9-11H2,1-3H3. The Hall–Kier alpha value is -0.810. The van der Waals surface area contributed by atoms with Gasteiger partial charge in [0.15, 0.2) is 0 Å². The van der Waals surface area contributed by atoms with E-state index in [4.69, 9.17) is 21.1 Å². The normalized spacial score (nSPS) is 20.0. The van der Waals surface area contributed by atoms with Crippen LogP contribution in [0.4, 0.5) is 0 Å². The highest BCUT2D eigenvalue weighted by molar-refractivity contribution is 6.32. The summed E-state index contributed by atoms with van der Waals surface area (Å²) in [5.41, 5.74) is 1.15. The molecule has 0 aromatic heterocycles. The van der Waals surface area contributed by atoms with Crippen molar-refractivity contribution in [2.75, 3.05) is 33.4 Å². The van der Waals surface area contributed by atoms with Crippen LogP contribution < -0.4 is 10.1 Å². The molecule has 1 fully saturated rings. The van der Waals surface area contributed by atoms with Crippen molar-refractivity contribution in [2.45, 2.75) is 32.5 Å². The molecule has 0 aliphatic carbocycles. The van der Waals surface area contributed by atoms with Gasteiger partial charge in [0.05, 0.1) is 11.6 Å². The molecule has 1 saturated heterocycles. The smallest absolute Gasteiger partial charge is 0.138 e. The number of ether oxygens (including phenoxy) is 2. The molecule has 0 saturated carbocycles. The van der Waals surface area contributed by atoms with Crippen LogP contribution in [0.15, 0.2) is 18.2 Å². The van der Waals surface area contributed by atoms with Gasteiger partial charge in [-0.05, 0) is 38.6 Å². The van der Waals surface area contributed by atoms with E-state index >= 15 is 0 Å². The van der Waals surface area contributed by atoms with E-state index in [1.54, 1.807) is 0 Å². The van der Waals surface area contributed by atoms with E-state index in [1.807, 2.05) is 25.2 Å². The highest BCUT2D eigenvalue weighted by atomic mass is 35.5. The number of hydrogen-bond donors (Lipinski definition) is 1. The van der Waals surface area contributed by atoms with Gasteiger partial charge in [-0.1, -0.05) is 17.7 Å². The van der Waals surface area contributed by atoms with Crippen LogP contribution in [0.25, 0.3) is 0 Å². The first kappa shape index (κ1) is 16.6. The number of benzene rings is 1. The maximum absolute atomic E-state index is 6.26. The van der Waals surface area contributed by atoms with Gasteiger partial charge >= 0.3 is 0 Å². The van der Waals surface area contributed by atoms with Crippen LogP contribution in [0.1, 0.15) is 19.4 Å². The summed E-state index contributed by atoms with van der Waals surface area (Å²) in [4.78, 5) is 2.41. The van der Waals surface area contributed by atoms with Gasteiger partial charge in [-0.3, -0.25) is 4.90 Å². The van der Waals surface area contributed by atoms with Crippen molar-refractivity contribution in [2.24, 2.45) is 0 Å². The molecular formula is C16H25ClN2O2. The van der Waals surface area contributed by atoms with E-state index in [2.05, 4.69) is 24.1 Å². The Bertz CT molecular complexity index is 454. The van der Waals surface area contributed by atoms with Crippen molar-refractivity contribution in [1.29, 1.82) is 0 Å². The minimum absolute atomic E-state index is 0.106. The summed E-state index contributed by atoms with van der Waals surface area (Å²) >= 11 is 6.26. The molecule has 1 aromatic rings. The minimum Gasteiger partial charge on any atom is -0.489 e. The Balaban J connectivity index is 1.87. The zero-order chi connectivity index (χ0) is 15.2. The van der Waals surface area contributed by atoms with Crippen LogP contribution in [0.2, 0.25) is 5.02 Å². The SMILES string of the molecule is CNCc1ccc(OCC2CN(C(C)C)CCO2)c(Cl)c1. The van der Waals surface area contributed by atoms with Crippen molar-refractivity contribution >= 4 is 11.6 Å². The predicted octanol–water partition coefficient (Wildman–Crippen LogP) is 2.55. The van der Waals surface area contributed by atoms with Gasteiger partial charge < -0.3 is 14.8 Å². The molecule has 2 rings (SSSR count). The Labute approximate surface area is 132 Å². The van der Waals surface area contributed by atoms with E-state index < -0.39 is 0 Å². The van der Waals surface area contributed by atoms with Gasteiger partial charge in [-0.15, -0.1) is 0 Å². The number of hydrogen-bond acceptors (Lipinski definition) is 4. The third-order valence-corrected chi connectivity index (χ3v) is 4.00. The average molecular weight is 313 g/mol. The van der Waals surface area contributed by atoms with E-state index in [-0.39, 0.29) is 6.10 Å². The molecule has 1 unspecified atom stereocenters. The van der Waals surface area contributed by atoms with Gasteiger partial charge in [0, 0.05) is 25.7 Å². The van der Waals surface area contributed by atoms with Gasteiger partial charge in [0.1, 0.15) is 18.5 Å². The van der Waals surface area contributed by atoms with Crippen LogP contribution in [-0.4, -0.2) is 50.4 Å². The fraction of sp³-hybridized carbons (Fsp3) is 0.625. The van der Waals surface area contributed by atoms with Crippen LogP contribution in [0.5, 0.6) is 5.75 Å². The summed E-state index contributed by atoms with van der Waals surface area (Å²) in [5, 5.41) is 3.76. The molecule has 5 heteroatoms. The molecule has 0 radical (unpaired) electrons. The summed E-state index contributed by atoms with van der Waals surface area (Å²) in [5.74, 6) is 0.724. The molecule has 21 heavy (non-hydrogen) atoms. The summed E-state index contributed by atoms with van der Waals surface area (Å²) in [6.45, 7) is 8.42. The lowest BCUT2D eigenvalue weighted by Gasteiger charge is -2.35. The van der Waals surface area contributed by atoms with Crippen LogP contribution in [-0.2, 0) is 11.3 Å². The first-order valence-corrected chi connectivity index (χ1v) is 7.89. The number of nitrogens with one attached hydrogen (secondary N) is 1. The number of nitrogens with zero attached hydrogens (tertiary/aromatic N) is 1. The van der Waals surface area contributed by atoms with Crippen molar-refractivity contribution in [3.05, 3.63) is 28.8 Å². The lowest BCUT2D eigenvalue weighted by molar-refractivity contribution is -0.0564. The summed E-state index contributed by atoms with van der Waals surface area (Å²) in [6.07, 6.45) is 0.106. The molecule has 0 amide bonds.